The summed E-state index contributed by atoms with van der Waals surface area (Å²) in [6.45, 7) is 6.47. The number of benzene rings is 2. The SMILES string of the molecule is Cc1ccc(C2c3ccsc3CCN2C(=O)CN(C(=O)c2cc(C(F)(F)F)cc(C(F)(F)F)c2)C(C)(C)C)cc1. The molecule has 40 heavy (non-hydrogen) atoms. The monoisotopic (exact) mass is 582 g/mol. The van der Waals surface area contributed by atoms with Crippen LogP contribution < -0.4 is 0 Å². The Morgan fingerprint density at radius 3 is 2.02 bits per heavy atom. The summed E-state index contributed by atoms with van der Waals surface area (Å²) in [7, 11) is 0. The molecule has 11 heteroatoms. The number of hydrogen-bond donors (Lipinski definition) is 0. The molecule has 2 aromatic carbocycles. The van der Waals surface area contributed by atoms with Crippen LogP contribution in [0.3, 0.4) is 0 Å². The molecule has 0 fully saturated rings. The van der Waals surface area contributed by atoms with Gasteiger partial charge in [-0.2, -0.15) is 26.3 Å². The van der Waals surface area contributed by atoms with Gasteiger partial charge in [-0.3, -0.25) is 9.59 Å². The lowest BCUT2D eigenvalue weighted by Gasteiger charge is -2.40. The fourth-order valence-corrected chi connectivity index (χ4v) is 5.67. The van der Waals surface area contributed by atoms with E-state index in [1.807, 2.05) is 42.6 Å². The van der Waals surface area contributed by atoms with E-state index in [9.17, 15) is 35.9 Å². The molecular weight excluding hydrogens is 554 g/mol. The molecule has 1 aromatic heterocycles. The Bertz CT molecular complexity index is 1370. The van der Waals surface area contributed by atoms with E-state index < -0.39 is 59.0 Å². The zero-order valence-electron chi connectivity index (χ0n) is 22.3. The first-order valence-electron chi connectivity index (χ1n) is 12.5. The maximum Gasteiger partial charge on any atom is 0.416 e. The minimum atomic E-state index is -5.11. The summed E-state index contributed by atoms with van der Waals surface area (Å²) in [5, 5.41) is 1.94. The second-order valence-corrected chi connectivity index (χ2v) is 11.8. The van der Waals surface area contributed by atoms with Crippen molar-refractivity contribution >= 4 is 23.2 Å². The Kier molecular flexibility index (Phi) is 7.83. The van der Waals surface area contributed by atoms with Gasteiger partial charge in [-0.1, -0.05) is 29.8 Å². The van der Waals surface area contributed by atoms with Crippen LogP contribution in [0, 0.1) is 6.92 Å². The number of rotatable bonds is 4. The number of nitrogens with zero attached hydrogens (tertiary/aromatic N) is 2. The minimum Gasteiger partial charge on any atom is -0.330 e. The standard InChI is InChI=1S/C29H28F6N2O2S/c1-17-5-7-18(8-6-17)25-22-10-12-40-23(22)9-11-36(25)24(38)16-37(27(2,3)4)26(39)19-13-20(28(30,31)32)15-21(14-19)29(33,34)35/h5-8,10,12-15,25H,9,11,16H2,1-4H3. The molecule has 1 aliphatic rings. The van der Waals surface area contributed by atoms with Crippen molar-refractivity contribution < 1.29 is 35.9 Å². The van der Waals surface area contributed by atoms with Crippen molar-refractivity contribution in [2.45, 2.75) is 58.0 Å². The maximum atomic E-state index is 13.8. The highest BCUT2D eigenvalue weighted by Gasteiger charge is 2.40. The van der Waals surface area contributed by atoms with E-state index in [0.29, 0.717) is 25.1 Å². The summed E-state index contributed by atoms with van der Waals surface area (Å²) in [6.07, 6.45) is -9.62. The zero-order chi connectivity index (χ0) is 29.6. The van der Waals surface area contributed by atoms with Gasteiger partial charge in [-0.25, -0.2) is 0 Å². The predicted molar refractivity (Wildman–Crippen MR) is 140 cm³/mol. The van der Waals surface area contributed by atoms with Crippen LogP contribution in [0.15, 0.2) is 53.9 Å². The predicted octanol–water partition coefficient (Wildman–Crippen LogP) is 7.51. The summed E-state index contributed by atoms with van der Waals surface area (Å²) in [5.74, 6) is -1.56. The van der Waals surface area contributed by atoms with Crippen molar-refractivity contribution in [3.8, 4) is 0 Å². The molecule has 0 radical (unpaired) electrons. The van der Waals surface area contributed by atoms with Crippen LogP contribution in [-0.2, 0) is 23.6 Å². The Morgan fingerprint density at radius 1 is 0.925 bits per heavy atom. The van der Waals surface area contributed by atoms with E-state index in [2.05, 4.69) is 0 Å². The van der Waals surface area contributed by atoms with Crippen LogP contribution >= 0.6 is 11.3 Å². The van der Waals surface area contributed by atoms with Gasteiger partial charge in [0.15, 0.2) is 0 Å². The topological polar surface area (TPSA) is 40.6 Å². The number of carbonyl (C=O) groups excluding carboxylic acids is 2. The van der Waals surface area contributed by atoms with Crippen LogP contribution in [0.2, 0.25) is 0 Å². The first kappa shape index (κ1) is 29.6. The van der Waals surface area contributed by atoms with Gasteiger partial charge in [0, 0.05) is 22.5 Å². The molecule has 0 saturated carbocycles. The van der Waals surface area contributed by atoms with E-state index in [0.717, 1.165) is 26.5 Å². The molecular formula is C29H28F6N2O2S. The normalized spacial score (nSPS) is 16.1. The van der Waals surface area contributed by atoms with Crippen LogP contribution in [0.4, 0.5) is 26.3 Å². The van der Waals surface area contributed by atoms with Gasteiger partial charge in [0.25, 0.3) is 5.91 Å². The molecule has 214 valence electrons. The number of amides is 2. The van der Waals surface area contributed by atoms with Crippen molar-refractivity contribution in [1.82, 2.24) is 9.80 Å². The number of hydrogen-bond acceptors (Lipinski definition) is 3. The fourth-order valence-electron chi connectivity index (χ4n) is 4.77. The fraction of sp³-hybridized carbons (Fsp3) is 0.379. The van der Waals surface area contributed by atoms with Gasteiger partial charge >= 0.3 is 12.4 Å². The third-order valence-electron chi connectivity index (χ3n) is 6.86. The molecule has 1 unspecified atom stereocenters. The molecule has 0 aliphatic carbocycles. The maximum absolute atomic E-state index is 13.8. The number of alkyl halides is 6. The van der Waals surface area contributed by atoms with Crippen molar-refractivity contribution in [2.75, 3.05) is 13.1 Å². The van der Waals surface area contributed by atoms with E-state index in [1.165, 1.54) is 0 Å². The summed E-state index contributed by atoms with van der Waals surface area (Å²) in [5.41, 5.74) is -2.22. The summed E-state index contributed by atoms with van der Waals surface area (Å²) >= 11 is 1.58. The molecule has 4 rings (SSSR count). The molecule has 4 nitrogen and oxygen atoms in total. The average molecular weight is 583 g/mol. The highest BCUT2D eigenvalue weighted by molar-refractivity contribution is 7.10. The lowest BCUT2D eigenvalue weighted by Crippen LogP contribution is -2.52. The van der Waals surface area contributed by atoms with E-state index in [4.69, 9.17) is 0 Å². The Hall–Kier alpha value is -3.34. The molecule has 0 bridgehead atoms. The molecule has 0 spiro atoms. The van der Waals surface area contributed by atoms with E-state index in [-0.39, 0.29) is 6.07 Å². The second-order valence-electron chi connectivity index (χ2n) is 10.8. The lowest BCUT2D eigenvalue weighted by atomic mass is 9.92. The minimum absolute atomic E-state index is 0.0261. The van der Waals surface area contributed by atoms with Gasteiger partial charge in [0.05, 0.1) is 17.2 Å². The zero-order valence-corrected chi connectivity index (χ0v) is 23.1. The number of aryl methyl sites for hydroxylation is 1. The average Bonchev–Trinajstić information content (AvgIpc) is 3.34. The third kappa shape index (κ3) is 6.19. The van der Waals surface area contributed by atoms with Gasteiger partial charge in [0.1, 0.15) is 6.54 Å². The molecule has 1 atom stereocenters. The molecule has 3 aromatic rings. The first-order valence-corrected chi connectivity index (χ1v) is 13.4. The van der Waals surface area contributed by atoms with Gasteiger partial charge in [-0.05, 0) is 74.9 Å². The first-order chi connectivity index (χ1) is 18.5. The number of fused-ring (bicyclic) bond motifs is 1. The molecule has 0 saturated heterocycles. The highest BCUT2D eigenvalue weighted by Crippen LogP contribution is 2.39. The Morgan fingerprint density at radius 2 is 1.50 bits per heavy atom. The lowest BCUT2D eigenvalue weighted by molar-refractivity contribution is -0.143. The number of carbonyl (C=O) groups is 2. The Balaban J connectivity index is 1.71. The van der Waals surface area contributed by atoms with Gasteiger partial charge < -0.3 is 9.80 Å². The molecule has 2 amide bonds. The summed E-state index contributed by atoms with van der Waals surface area (Å²) < 4.78 is 80.8. The van der Waals surface area contributed by atoms with E-state index in [1.54, 1.807) is 37.0 Å². The number of halogens is 6. The largest absolute Gasteiger partial charge is 0.416 e. The second kappa shape index (κ2) is 10.6. The molecule has 0 N–H and O–H groups in total. The van der Waals surface area contributed by atoms with Gasteiger partial charge in [0.2, 0.25) is 5.91 Å². The number of thiophene rings is 1. The third-order valence-corrected chi connectivity index (χ3v) is 7.86. The van der Waals surface area contributed by atoms with Crippen LogP contribution in [-0.4, -0.2) is 40.2 Å². The van der Waals surface area contributed by atoms with Crippen molar-refractivity contribution in [2.24, 2.45) is 0 Å². The summed E-state index contributed by atoms with van der Waals surface area (Å²) in [4.78, 5) is 31.1. The van der Waals surface area contributed by atoms with Crippen LogP contribution in [0.1, 0.15) is 69.9 Å². The van der Waals surface area contributed by atoms with Crippen molar-refractivity contribution in [1.29, 1.82) is 0 Å². The van der Waals surface area contributed by atoms with Crippen molar-refractivity contribution in [3.05, 3.63) is 92.2 Å². The highest BCUT2D eigenvalue weighted by atomic mass is 32.1. The van der Waals surface area contributed by atoms with Crippen LogP contribution in [0.5, 0.6) is 0 Å². The molecule has 2 heterocycles. The smallest absolute Gasteiger partial charge is 0.330 e. The van der Waals surface area contributed by atoms with Crippen molar-refractivity contribution in [3.63, 3.8) is 0 Å². The molecule has 1 aliphatic heterocycles. The van der Waals surface area contributed by atoms with Gasteiger partial charge in [-0.15, -0.1) is 11.3 Å². The quantitative estimate of drug-likeness (QED) is 0.299. The van der Waals surface area contributed by atoms with E-state index >= 15 is 0 Å². The van der Waals surface area contributed by atoms with Crippen LogP contribution in [0.25, 0.3) is 0 Å². The summed E-state index contributed by atoms with van der Waals surface area (Å²) in [6, 6.07) is 9.96. The Labute approximate surface area is 232 Å².